The lowest BCUT2D eigenvalue weighted by molar-refractivity contribution is -0.150. The molecule has 3 amide bonds. The van der Waals surface area contributed by atoms with Gasteiger partial charge in [-0.1, -0.05) is 0 Å². The van der Waals surface area contributed by atoms with Gasteiger partial charge in [-0.15, -0.1) is 0 Å². The summed E-state index contributed by atoms with van der Waals surface area (Å²) in [5.74, 6) is -5.64. The van der Waals surface area contributed by atoms with Gasteiger partial charge in [0.1, 0.15) is 26.4 Å². The van der Waals surface area contributed by atoms with Crippen LogP contribution in [0.5, 0.6) is 0 Å². The zero-order valence-electron chi connectivity index (χ0n) is 26.1. The molecule has 0 saturated heterocycles. The second-order valence-corrected chi connectivity index (χ2v) is 11.8. The summed E-state index contributed by atoms with van der Waals surface area (Å²) in [7, 11) is 0. The van der Waals surface area contributed by atoms with Crippen molar-refractivity contribution in [1.82, 2.24) is 10.6 Å². The summed E-state index contributed by atoms with van der Waals surface area (Å²) in [6.07, 6.45) is -1.24. The Balaban J connectivity index is 3.73. The summed E-state index contributed by atoms with van der Waals surface area (Å²) < 4.78 is 25.2. The number of ether oxygens (including phenoxy) is 5. The molecule has 0 saturated carbocycles. The first-order valence-corrected chi connectivity index (χ1v) is 15.7. The molecule has 18 heteroatoms. The van der Waals surface area contributed by atoms with Crippen LogP contribution >= 0.6 is 45.2 Å². The lowest BCUT2D eigenvalue weighted by Crippen LogP contribution is -2.44. The molecule has 0 spiro atoms. The van der Waals surface area contributed by atoms with Gasteiger partial charge in [-0.25, -0.2) is 0 Å². The van der Waals surface area contributed by atoms with Gasteiger partial charge < -0.3 is 39.6 Å². The molecule has 0 aliphatic heterocycles. The van der Waals surface area contributed by atoms with E-state index in [1.165, 1.54) is 13.8 Å². The van der Waals surface area contributed by atoms with Gasteiger partial charge in [0, 0.05) is 38.2 Å². The fraction of sp³-hybridized carbons (Fsp3) is 0.500. The van der Waals surface area contributed by atoms with E-state index in [1.807, 2.05) is 0 Å². The number of esters is 5. The second kappa shape index (κ2) is 19.2. The minimum atomic E-state index is -1.24. The molecule has 1 unspecified atom stereocenters. The average molecular weight is 875 g/mol. The van der Waals surface area contributed by atoms with E-state index in [0.717, 1.165) is 34.6 Å². The van der Waals surface area contributed by atoms with Crippen LogP contribution in [0.15, 0.2) is 0 Å². The SMILES string of the molecule is CC(=O)OCC(COC(C)=O)NC(=O)c1c(C)c(NC(=O)C(C)OC(C)=O)c(I)c(C(=O)NC(COC(C)=O)COC(C)=O)c1I. The van der Waals surface area contributed by atoms with E-state index in [9.17, 15) is 38.4 Å². The third kappa shape index (κ3) is 13.4. The molecule has 254 valence electrons. The van der Waals surface area contributed by atoms with E-state index in [-0.39, 0.29) is 55.9 Å². The predicted octanol–water partition coefficient (Wildman–Crippen LogP) is 1.54. The zero-order chi connectivity index (χ0) is 35.3. The molecule has 0 bridgehead atoms. The smallest absolute Gasteiger partial charge is 0.303 e. The molecule has 0 aromatic heterocycles. The van der Waals surface area contributed by atoms with Crippen LogP contribution in [0.2, 0.25) is 0 Å². The first-order valence-electron chi connectivity index (χ1n) is 13.5. The zero-order valence-corrected chi connectivity index (χ0v) is 30.4. The number of carbonyl (C=O) groups excluding carboxylic acids is 8. The maximum Gasteiger partial charge on any atom is 0.303 e. The maximum atomic E-state index is 13.7. The van der Waals surface area contributed by atoms with Crippen LogP contribution < -0.4 is 16.0 Å². The first kappa shape index (κ1) is 40.5. The molecule has 0 radical (unpaired) electrons. The molecule has 3 N–H and O–H groups in total. The van der Waals surface area contributed by atoms with Crippen molar-refractivity contribution in [1.29, 1.82) is 0 Å². The number of rotatable bonds is 15. The number of anilines is 1. The molecule has 0 fully saturated rings. The maximum absolute atomic E-state index is 13.7. The summed E-state index contributed by atoms with van der Waals surface area (Å²) >= 11 is 3.58. The molecular formula is C28H35I2N3O13. The number of amides is 3. The summed E-state index contributed by atoms with van der Waals surface area (Å²) in [5, 5.41) is 7.84. The van der Waals surface area contributed by atoms with Crippen LogP contribution in [0, 0.1) is 14.1 Å². The molecule has 16 nitrogen and oxygen atoms in total. The highest BCUT2D eigenvalue weighted by atomic mass is 127. The van der Waals surface area contributed by atoms with Gasteiger partial charge in [0.25, 0.3) is 17.7 Å². The minimum absolute atomic E-state index is 0.0355. The minimum Gasteiger partial charge on any atom is -0.464 e. The Kier molecular flexibility index (Phi) is 16.9. The summed E-state index contributed by atoms with van der Waals surface area (Å²) in [6, 6.07) is -1.99. The van der Waals surface area contributed by atoms with Crippen molar-refractivity contribution in [3.05, 3.63) is 23.8 Å². The Morgan fingerprint density at radius 1 is 0.609 bits per heavy atom. The molecule has 0 heterocycles. The lowest BCUT2D eigenvalue weighted by Gasteiger charge is -2.24. The monoisotopic (exact) mass is 875 g/mol. The van der Waals surface area contributed by atoms with Gasteiger partial charge in [-0.05, 0) is 64.6 Å². The molecule has 46 heavy (non-hydrogen) atoms. The molecule has 1 rings (SSSR count). The van der Waals surface area contributed by atoms with E-state index in [1.54, 1.807) is 45.2 Å². The lowest BCUT2D eigenvalue weighted by atomic mass is 10.00. The normalized spacial score (nSPS) is 11.2. The standard InChI is InChI=1S/C28H35I2N3O13/c1-12-21(27(40)31-19(8-42-14(3)34)9-43-15(4)35)23(29)22(24(30)25(12)33-26(39)13(2)46-18(7)38)28(41)32-20(10-44-16(5)36)11-45-17(6)37/h13,19-20H,8-11H2,1-7H3,(H,31,40)(H,32,41)(H,33,39). The van der Waals surface area contributed by atoms with Crippen molar-refractivity contribution < 1.29 is 62.0 Å². The number of hydrogen-bond donors (Lipinski definition) is 3. The Morgan fingerprint density at radius 3 is 1.33 bits per heavy atom. The van der Waals surface area contributed by atoms with Crippen LogP contribution in [0.1, 0.15) is 67.8 Å². The predicted molar refractivity (Wildman–Crippen MR) is 176 cm³/mol. The molecule has 1 aromatic carbocycles. The van der Waals surface area contributed by atoms with Gasteiger partial charge in [0.2, 0.25) is 0 Å². The van der Waals surface area contributed by atoms with Gasteiger partial charge in [-0.3, -0.25) is 38.4 Å². The van der Waals surface area contributed by atoms with E-state index < -0.39 is 65.8 Å². The molecule has 1 atom stereocenters. The fourth-order valence-electron chi connectivity index (χ4n) is 3.60. The van der Waals surface area contributed by atoms with Crippen LogP contribution in [0.25, 0.3) is 0 Å². The first-order chi connectivity index (χ1) is 21.3. The van der Waals surface area contributed by atoms with Gasteiger partial charge >= 0.3 is 29.8 Å². The number of nitrogens with one attached hydrogen (secondary N) is 3. The summed E-state index contributed by atoms with van der Waals surface area (Å²) in [4.78, 5) is 97.5. The highest BCUT2D eigenvalue weighted by molar-refractivity contribution is 14.1. The Morgan fingerprint density at radius 2 is 0.978 bits per heavy atom. The van der Waals surface area contributed by atoms with Crippen LogP contribution in [-0.2, 0) is 52.5 Å². The van der Waals surface area contributed by atoms with Crippen molar-refractivity contribution in [2.45, 2.75) is 66.7 Å². The van der Waals surface area contributed by atoms with E-state index >= 15 is 0 Å². The number of benzene rings is 1. The Labute approximate surface area is 291 Å². The van der Waals surface area contributed by atoms with Gasteiger partial charge in [0.05, 0.1) is 32.5 Å². The largest absolute Gasteiger partial charge is 0.464 e. The van der Waals surface area contributed by atoms with E-state index in [2.05, 4.69) is 16.0 Å². The molecule has 0 aliphatic rings. The van der Waals surface area contributed by atoms with Crippen molar-refractivity contribution in [3.63, 3.8) is 0 Å². The quantitative estimate of drug-likeness (QED) is 0.130. The number of hydrogen-bond acceptors (Lipinski definition) is 13. The average Bonchev–Trinajstić information content (AvgIpc) is 2.93. The highest BCUT2D eigenvalue weighted by Gasteiger charge is 2.31. The fourth-order valence-corrected chi connectivity index (χ4v) is 6.33. The molecular weight excluding hydrogens is 840 g/mol. The topological polar surface area (TPSA) is 219 Å². The highest BCUT2D eigenvalue weighted by Crippen LogP contribution is 2.35. The van der Waals surface area contributed by atoms with Gasteiger partial charge in [-0.2, -0.15) is 0 Å². The summed E-state index contributed by atoms with van der Waals surface area (Å²) in [5.41, 5.74) is 0.0861. The molecule has 0 aliphatic carbocycles. The third-order valence-electron chi connectivity index (χ3n) is 5.66. The Bertz CT molecular complexity index is 1270. The third-order valence-corrected chi connectivity index (χ3v) is 7.82. The van der Waals surface area contributed by atoms with Crippen LogP contribution in [0.4, 0.5) is 5.69 Å². The molecule has 1 aromatic rings. The van der Waals surface area contributed by atoms with Crippen molar-refractivity contribution >= 4 is 98.4 Å². The summed E-state index contributed by atoms with van der Waals surface area (Å²) in [6.45, 7) is 7.19. The second-order valence-electron chi connectivity index (χ2n) is 9.67. The Hall–Kier alpha value is -3.56. The number of halogens is 2. The van der Waals surface area contributed by atoms with E-state index in [4.69, 9.17) is 23.7 Å². The van der Waals surface area contributed by atoms with Crippen molar-refractivity contribution in [3.8, 4) is 0 Å². The van der Waals surface area contributed by atoms with Crippen molar-refractivity contribution in [2.24, 2.45) is 0 Å². The number of carbonyl (C=O) groups is 8. The van der Waals surface area contributed by atoms with Crippen LogP contribution in [0.3, 0.4) is 0 Å². The van der Waals surface area contributed by atoms with Gasteiger partial charge in [0.15, 0.2) is 6.10 Å². The van der Waals surface area contributed by atoms with Crippen LogP contribution in [-0.4, -0.2) is 92.2 Å². The van der Waals surface area contributed by atoms with Crippen molar-refractivity contribution in [2.75, 3.05) is 31.7 Å². The van der Waals surface area contributed by atoms with E-state index in [0.29, 0.717) is 0 Å².